The van der Waals surface area contributed by atoms with E-state index in [1.165, 1.54) is 0 Å². The molecule has 0 spiro atoms. The summed E-state index contributed by atoms with van der Waals surface area (Å²) in [5.74, 6) is -0.286. The van der Waals surface area contributed by atoms with Gasteiger partial charge in [0.25, 0.3) is 0 Å². The van der Waals surface area contributed by atoms with Crippen molar-refractivity contribution in [3.63, 3.8) is 0 Å². The van der Waals surface area contributed by atoms with Gasteiger partial charge in [-0.3, -0.25) is 14.5 Å². The molecule has 0 saturated heterocycles. The highest BCUT2D eigenvalue weighted by Crippen LogP contribution is 2.33. The minimum absolute atomic E-state index is 0.177. The molecule has 5 aromatic rings. The molecule has 0 saturated carbocycles. The largest absolute Gasteiger partial charge is 0.478 e. The molecule has 0 aliphatic heterocycles. The number of aromatic carboxylic acids is 1. The van der Waals surface area contributed by atoms with Gasteiger partial charge in [-0.25, -0.2) is 9.78 Å². The van der Waals surface area contributed by atoms with Crippen LogP contribution in [0.15, 0.2) is 67.1 Å². The highest BCUT2D eigenvalue weighted by Gasteiger charge is 2.20. The first-order chi connectivity index (χ1) is 14.5. The van der Waals surface area contributed by atoms with Gasteiger partial charge >= 0.3 is 5.97 Å². The average molecular weight is 394 g/mol. The molecule has 3 heterocycles. The Morgan fingerprint density at radius 3 is 2.53 bits per heavy atom. The minimum Gasteiger partial charge on any atom is -0.478 e. The molecule has 0 atom stereocenters. The van der Waals surface area contributed by atoms with Crippen molar-refractivity contribution in [3.8, 4) is 16.8 Å². The van der Waals surface area contributed by atoms with Crippen molar-refractivity contribution in [2.24, 2.45) is 0 Å². The predicted molar refractivity (Wildman–Crippen MR) is 116 cm³/mol. The lowest BCUT2D eigenvalue weighted by molar-refractivity contribution is 0.0699. The Labute approximate surface area is 172 Å². The number of aromatic nitrogens is 4. The van der Waals surface area contributed by atoms with E-state index in [9.17, 15) is 9.90 Å². The van der Waals surface area contributed by atoms with Crippen molar-refractivity contribution in [2.45, 2.75) is 13.8 Å². The number of pyridine rings is 2. The predicted octanol–water partition coefficient (Wildman–Crippen LogP) is 4.95. The van der Waals surface area contributed by atoms with Crippen LogP contribution in [-0.4, -0.2) is 30.6 Å². The van der Waals surface area contributed by atoms with Crippen molar-refractivity contribution in [1.29, 1.82) is 0 Å². The standard InChI is InChI=1S/C24H18N4O2/c1-14-4-3-5-19-22(14)20(8-11-26-19)28-15(2)27-23-18(24(29)30)12-17(13-21(23)28)16-6-9-25-10-7-16/h3-13H,1-2H3,(H,29,30). The number of carboxylic acid groups (broad SMARTS) is 1. The normalized spacial score (nSPS) is 11.3. The SMILES string of the molecule is Cc1cccc2nccc(-n3c(C)nc4c(C(=O)O)cc(-c5ccncc5)cc43)c12. The number of carbonyl (C=O) groups is 1. The van der Waals surface area contributed by atoms with E-state index in [1.807, 2.05) is 60.9 Å². The molecule has 2 aromatic carbocycles. The molecule has 0 radical (unpaired) electrons. The summed E-state index contributed by atoms with van der Waals surface area (Å²) >= 11 is 0. The first-order valence-corrected chi connectivity index (χ1v) is 9.56. The third-order valence-corrected chi connectivity index (χ3v) is 5.37. The van der Waals surface area contributed by atoms with Crippen LogP contribution in [0.4, 0.5) is 0 Å². The molecule has 3 aromatic heterocycles. The number of hydrogen-bond acceptors (Lipinski definition) is 4. The number of nitrogens with zero attached hydrogens (tertiary/aromatic N) is 4. The van der Waals surface area contributed by atoms with Gasteiger partial charge in [0.1, 0.15) is 11.3 Å². The number of rotatable bonds is 3. The van der Waals surface area contributed by atoms with Crippen LogP contribution in [0.1, 0.15) is 21.7 Å². The maximum Gasteiger partial charge on any atom is 0.337 e. The maximum atomic E-state index is 12.1. The number of carboxylic acids is 1. The minimum atomic E-state index is -1.00. The summed E-state index contributed by atoms with van der Waals surface area (Å²) in [5, 5.41) is 10.9. The molecule has 0 aliphatic rings. The second-order valence-electron chi connectivity index (χ2n) is 7.23. The lowest BCUT2D eigenvalue weighted by Gasteiger charge is -2.13. The van der Waals surface area contributed by atoms with Crippen molar-refractivity contribution < 1.29 is 9.90 Å². The third-order valence-electron chi connectivity index (χ3n) is 5.37. The Hall–Kier alpha value is -4.06. The summed E-state index contributed by atoms with van der Waals surface area (Å²) < 4.78 is 2.02. The Bertz CT molecular complexity index is 1430. The van der Waals surface area contributed by atoms with Gasteiger partial charge < -0.3 is 5.11 Å². The van der Waals surface area contributed by atoms with Gasteiger partial charge in [-0.15, -0.1) is 0 Å². The molecule has 0 bridgehead atoms. The second kappa shape index (κ2) is 6.77. The van der Waals surface area contributed by atoms with Crippen LogP contribution in [0.3, 0.4) is 0 Å². The maximum absolute atomic E-state index is 12.1. The smallest absolute Gasteiger partial charge is 0.337 e. The van der Waals surface area contributed by atoms with Crippen LogP contribution in [0.5, 0.6) is 0 Å². The van der Waals surface area contributed by atoms with Gasteiger partial charge in [0.05, 0.1) is 22.3 Å². The summed E-state index contributed by atoms with van der Waals surface area (Å²) in [6, 6.07) is 15.4. The fraction of sp³-hybridized carbons (Fsp3) is 0.0833. The molecule has 5 rings (SSSR count). The molecule has 0 amide bonds. The fourth-order valence-corrected chi connectivity index (χ4v) is 4.02. The lowest BCUT2D eigenvalue weighted by Crippen LogP contribution is -2.01. The highest BCUT2D eigenvalue weighted by atomic mass is 16.4. The van der Waals surface area contributed by atoms with Gasteiger partial charge in [0.15, 0.2) is 0 Å². The van der Waals surface area contributed by atoms with Gasteiger partial charge in [-0.2, -0.15) is 0 Å². The van der Waals surface area contributed by atoms with Crippen LogP contribution >= 0.6 is 0 Å². The lowest BCUT2D eigenvalue weighted by atomic mass is 10.0. The van der Waals surface area contributed by atoms with E-state index in [-0.39, 0.29) is 5.56 Å². The van der Waals surface area contributed by atoms with E-state index in [0.29, 0.717) is 5.52 Å². The van der Waals surface area contributed by atoms with Crippen LogP contribution in [0.2, 0.25) is 0 Å². The van der Waals surface area contributed by atoms with Gasteiger partial charge in [0.2, 0.25) is 0 Å². The van der Waals surface area contributed by atoms with Crippen molar-refractivity contribution >= 4 is 27.9 Å². The zero-order valence-electron chi connectivity index (χ0n) is 16.5. The van der Waals surface area contributed by atoms with Crippen molar-refractivity contribution in [3.05, 3.63) is 84.1 Å². The first-order valence-electron chi connectivity index (χ1n) is 9.56. The van der Waals surface area contributed by atoms with E-state index in [1.54, 1.807) is 24.7 Å². The summed E-state index contributed by atoms with van der Waals surface area (Å²) in [6.07, 6.45) is 5.16. The second-order valence-corrected chi connectivity index (χ2v) is 7.23. The molecule has 0 aliphatic carbocycles. The molecule has 30 heavy (non-hydrogen) atoms. The van der Waals surface area contributed by atoms with Gasteiger partial charge in [0, 0.05) is 24.0 Å². The number of imidazole rings is 1. The number of fused-ring (bicyclic) bond motifs is 2. The number of hydrogen-bond donors (Lipinski definition) is 1. The number of benzene rings is 2. The zero-order chi connectivity index (χ0) is 20.8. The monoisotopic (exact) mass is 394 g/mol. The molecule has 146 valence electrons. The summed E-state index contributed by atoms with van der Waals surface area (Å²) in [7, 11) is 0. The van der Waals surface area contributed by atoms with Crippen LogP contribution < -0.4 is 0 Å². The van der Waals surface area contributed by atoms with E-state index < -0.39 is 5.97 Å². The van der Waals surface area contributed by atoms with Gasteiger partial charge in [-0.1, -0.05) is 12.1 Å². The first kappa shape index (κ1) is 18.0. The number of aryl methyl sites for hydroxylation is 2. The topological polar surface area (TPSA) is 80.9 Å². The zero-order valence-corrected chi connectivity index (χ0v) is 16.5. The fourth-order valence-electron chi connectivity index (χ4n) is 4.02. The average Bonchev–Trinajstić information content (AvgIpc) is 3.09. The van der Waals surface area contributed by atoms with E-state index in [4.69, 9.17) is 0 Å². The Balaban J connectivity index is 1.90. The van der Waals surface area contributed by atoms with E-state index >= 15 is 0 Å². The Morgan fingerprint density at radius 2 is 1.77 bits per heavy atom. The third kappa shape index (κ3) is 2.73. The molecule has 6 nitrogen and oxygen atoms in total. The molecule has 0 unspecified atom stereocenters. The molecule has 0 fully saturated rings. The Kier molecular flexibility index (Phi) is 4.06. The quantitative estimate of drug-likeness (QED) is 0.468. The van der Waals surface area contributed by atoms with Crippen molar-refractivity contribution in [2.75, 3.05) is 0 Å². The molecular formula is C24H18N4O2. The van der Waals surface area contributed by atoms with Crippen LogP contribution in [-0.2, 0) is 0 Å². The highest BCUT2D eigenvalue weighted by molar-refractivity contribution is 6.04. The van der Waals surface area contributed by atoms with E-state index in [2.05, 4.69) is 15.0 Å². The summed E-state index contributed by atoms with van der Waals surface area (Å²) in [5.41, 5.74) is 6.01. The van der Waals surface area contributed by atoms with Crippen LogP contribution in [0.25, 0.3) is 38.8 Å². The molecule has 1 N–H and O–H groups in total. The van der Waals surface area contributed by atoms with E-state index in [0.717, 1.165) is 44.6 Å². The van der Waals surface area contributed by atoms with Crippen molar-refractivity contribution in [1.82, 2.24) is 19.5 Å². The van der Waals surface area contributed by atoms with Crippen LogP contribution in [0, 0.1) is 13.8 Å². The molecular weight excluding hydrogens is 376 g/mol. The Morgan fingerprint density at radius 1 is 0.967 bits per heavy atom. The summed E-state index contributed by atoms with van der Waals surface area (Å²) in [4.78, 5) is 25.2. The molecule has 6 heteroatoms. The van der Waals surface area contributed by atoms with Gasteiger partial charge in [-0.05, 0) is 66.9 Å². The summed E-state index contributed by atoms with van der Waals surface area (Å²) in [6.45, 7) is 3.94.